The number of aryl methyl sites for hydroxylation is 1. The first kappa shape index (κ1) is 12.0. The van der Waals surface area contributed by atoms with Crippen LogP contribution in [0.25, 0.3) is 11.3 Å². The van der Waals surface area contributed by atoms with E-state index in [1.165, 1.54) is 0 Å². The van der Waals surface area contributed by atoms with Crippen LogP contribution in [0.5, 0.6) is 5.75 Å². The summed E-state index contributed by atoms with van der Waals surface area (Å²) in [6.07, 6.45) is 1.55. The molecule has 0 radical (unpaired) electrons. The normalized spacial score (nSPS) is 10.6. The van der Waals surface area contributed by atoms with Crippen LogP contribution in [-0.2, 0) is 6.54 Å². The summed E-state index contributed by atoms with van der Waals surface area (Å²) in [6.45, 7) is 2.19. The van der Waals surface area contributed by atoms with E-state index in [1.807, 2.05) is 19.1 Å². The van der Waals surface area contributed by atoms with E-state index >= 15 is 0 Å². The van der Waals surface area contributed by atoms with E-state index in [0.717, 1.165) is 11.1 Å². The lowest BCUT2D eigenvalue weighted by atomic mass is 10.1. The molecule has 1 heterocycles. The molecule has 0 atom stereocenters. The van der Waals surface area contributed by atoms with Crippen LogP contribution in [0.4, 0.5) is 0 Å². The molecule has 2 aromatic rings. The third-order valence-corrected chi connectivity index (χ3v) is 2.89. The van der Waals surface area contributed by atoms with Gasteiger partial charge in [0.1, 0.15) is 17.7 Å². The van der Waals surface area contributed by atoms with Gasteiger partial charge in [-0.15, -0.1) is 0 Å². The van der Waals surface area contributed by atoms with E-state index < -0.39 is 0 Å². The summed E-state index contributed by atoms with van der Waals surface area (Å²) in [4.78, 5) is 4.25. The summed E-state index contributed by atoms with van der Waals surface area (Å²) in [5, 5.41) is 0.665. The number of rotatable bonds is 3. The van der Waals surface area contributed by atoms with Gasteiger partial charge in [-0.25, -0.2) is 4.98 Å². The smallest absolute Gasteiger partial charge is 0.208 e. The summed E-state index contributed by atoms with van der Waals surface area (Å²) in [6, 6.07) is 3.68. The molecule has 0 amide bonds. The van der Waals surface area contributed by atoms with Crippen LogP contribution in [0.1, 0.15) is 11.5 Å². The van der Waals surface area contributed by atoms with Gasteiger partial charge in [0, 0.05) is 10.6 Å². The van der Waals surface area contributed by atoms with Crippen LogP contribution in [0, 0.1) is 6.92 Å². The van der Waals surface area contributed by atoms with Gasteiger partial charge in [-0.05, 0) is 24.6 Å². The zero-order valence-corrected chi connectivity index (χ0v) is 10.4. The van der Waals surface area contributed by atoms with Crippen molar-refractivity contribution in [3.05, 3.63) is 34.9 Å². The first-order valence-electron chi connectivity index (χ1n) is 5.14. The molecule has 17 heavy (non-hydrogen) atoms. The number of aromatic nitrogens is 1. The SMILES string of the molecule is COc1cc(C)c(Cl)cc1-c1coc(CN)n1. The van der Waals surface area contributed by atoms with Crippen LogP contribution >= 0.6 is 11.6 Å². The summed E-state index contributed by atoms with van der Waals surface area (Å²) in [5.74, 6) is 1.20. The van der Waals surface area contributed by atoms with Crippen LogP contribution in [0.3, 0.4) is 0 Å². The molecule has 0 saturated carbocycles. The predicted octanol–water partition coefficient (Wildman–Crippen LogP) is 2.77. The van der Waals surface area contributed by atoms with Crippen molar-refractivity contribution in [2.45, 2.75) is 13.5 Å². The fraction of sp³-hybridized carbons (Fsp3) is 0.250. The zero-order chi connectivity index (χ0) is 12.4. The van der Waals surface area contributed by atoms with E-state index in [1.54, 1.807) is 13.4 Å². The summed E-state index contributed by atoms with van der Waals surface area (Å²) >= 11 is 6.09. The lowest BCUT2D eigenvalue weighted by molar-refractivity contribution is 0.416. The number of nitrogens with zero attached hydrogens (tertiary/aromatic N) is 1. The highest BCUT2D eigenvalue weighted by Gasteiger charge is 2.12. The molecule has 0 bridgehead atoms. The molecule has 2 rings (SSSR count). The Balaban J connectivity index is 2.53. The van der Waals surface area contributed by atoms with Crippen molar-refractivity contribution in [3.63, 3.8) is 0 Å². The lowest BCUT2D eigenvalue weighted by Gasteiger charge is -2.08. The van der Waals surface area contributed by atoms with E-state index in [2.05, 4.69) is 4.98 Å². The van der Waals surface area contributed by atoms with E-state index in [0.29, 0.717) is 22.4 Å². The molecular formula is C12H13ClN2O2. The standard InChI is InChI=1S/C12H13ClN2O2/c1-7-3-11(16-2)8(4-9(7)13)10-6-17-12(5-14)15-10/h3-4,6H,5,14H2,1-2H3. The quantitative estimate of drug-likeness (QED) is 0.912. The van der Waals surface area contributed by atoms with Crippen molar-refractivity contribution in [1.29, 1.82) is 0 Å². The van der Waals surface area contributed by atoms with Gasteiger partial charge in [-0.3, -0.25) is 0 Å². The van der Waals surface area contributed by atoms with E-state index in [4.69, 9.17) is 26.5 Å². The Morgan fingerprint density at radius 1 is 1.47 bits per heavy atom. The number of ether oxygens (including phenoxy) is 1. The minimum absolute atomic E-state index is 0.266. The molecule has 0 fully saturated rings. The van der Waals surface area contributed by atoms with Crippen LogP contribution in [0.15, 0.2) is 22.8 Å². The van der Waals surface area contributed by atoms with Crippen molar-refractivity contribution in [2.75, 3.05) is 7.11 Å². The Morgan fingerprint density at radius 2 is 2.24 bits per heavy atom. The molecule has 4 nitrogen and oxygen atoms in total. The highest BCUT2D eigenvalue weighted by Crippen LogP contribution is 2.34. The summed E-state index contributed by atoms with van der Waals surface area (Å²) in [5.41, 5.74) is 7.87. The molecule has 0 spiro atoms. The second-order valence-corrected chi connectivity index (χ2v) is 4.04. The predicted molar refractivity (Wildman–Crippen MR) is 66.1 cm³/mol. The Bertz CT molecular complexity index is 537. The van der Waals surface area contributed by atoms with Crippen LogP contribution < -0.4 is 10.5 Å². The molecule has 1 aromatic heterocycles. The maximum atomic E-state index is 6.09. The molecule has 0 unspecified atom stereocenters. The fourth-order valence-electron chi connectivity index (χ4n) is 1.55. The minimum atomic E-state index is 0.266. The third-order valence-electron chi connectivity index (χ3n) is 2.48. The zero-order valence-electron chi connectivity index (χ0n) is 9.66. The van der Waals surface area contributed by atoms with Gasteiger partial charge in [0.2, 0.25) is 5.89 Å². The van der Waals surface area contributed by atoms with Crippen molar-refractivity contribution in [2.24, 2.45) is 5.73 Å². The molecule has 0 aliphatic carbocycles. The van der Waals surface area contributed by atoms with Gasteiger partial charge in [0.25, 0.3) is 0 Å². The fourth-order valence-corrected chi connectivity index (χ4v) is 1.72. The highest BCUT2D eigenvalue weighted by atomic mass is 35.5. The van der Waals surface area contributed by atoms with E-state index in [9.17, 15) is 0 Å². The second-order valence-electron chi connectivity index (χ2n) is 3.63. The molecule has 5 heteroatoms. The second kappa shape index (κ2) is 4.77. The highest BCUT2D eigenvalue weighted by molar-refractivity contribution is 6.31. The van der Waals surface area contributed by atoms with Crippen molar-refractivity contribution >= 4 is 11.6 Å². The number of hydrogen-bond donors (Lipinski definition) is 1. The van der Waals surface area contributed by atoms with Gasteiger partial charge in [-0.2, -0.15) is 0 Å². The van der Waals surface area contributed by atoms with Gasteiger partial charge < -0.3 is 14.9 Å². The van der Waals surface area contributed by atoms with Gasteiger partial charge in [-0.1, -0.05) is 11.6 Å². The molecule has 0 aliphatic heterocycles. The van der Waals surface area contributed by atoms with Gasteiger partial charge in [0.05, 0.1) is 13.7 Å². The Hall–Kier alpha value is -1.52. The summed E-state index contributed by atoms with van der Waals surface area (Å²) < 4.78 is 10.5. The van der Waals surface area contributed by atoms with Gasteiger partial charge >= 0.3 is 0 Å². The molecule has 2 N–H and O–H groups in total. The number of nitrogens with two attached hydrogens (primary N) is 1. The minimum Gasteiger partial charge on any atom is -0.496 e. The Kier molecular flexibility index (Phi) is 3.36. The maximum absolute atomic E-state index is 6.09. The largest absolute Gasteiger partial charge is 0.496 e. The average Bonchev–Trinajstić information content (AvgIpc) is 2.80. The van der Waals surface area contributed by atoms with Crippen molar-refractivity contribution in [1.82, 2.24) is 4.98 Å². The number of oxazole rings is 1. The first-order chi connectivity index (χ1) is 8.15. The molecule has 0 saturated heterocycles. The van der Waals surface area contributed by atoms with Gasteiger partial charge in [0.15, 0.2) is 0 Å². The lowest BCUT2D eigenvalue weighted by Crippen LogP contribution is -1.96. The number of hydrogen-bond acceptors (Lipinski definition) is 4. The first-order valence-corrected chi connectivity index (χ1v) is 5.52. The van der Waals surface area contributed by atoms with Crippen LogP contribution in [0.2, 0.25) is 5.02 Å². The molecule has 1 aromatic carbocycles. The van der Waals surface area contributed by atoms with Crippen molar-refractivity contribution < 1.29 is 9.15 Å². The number of methoxy groups -OCH3 is 1. The topological polar surface area (TPSA) is 61.3 Å². The number of benzene rings is 1. The number of halogens is 1. The van der Waals surface area contributed by atoms with Crippen LogP contribution in [-0.4, -0.2) is 12.1 Å². The monoisotopic (exact) mass is 252 g/mol. The molecular weight excluding hydrogens is 240 g/mol. The average molecular weight is 253 g/mol. The third kappa shape index (κ3) is 2.28. The Labute approximate surface area is 104 Å². The molecule has 0 aliphatic rings. The Morgan fingerprint density at radius 3 is 2.82 bits per heavy atom. The maximum Gasteiger partial charge on any atom is 0.208 e. The van der Waals surface area contributed by atoms with E-state index in [-0.39, 0.29) is 6.54 Å². The molecule has 90 valence electrons. The summed E-state index contributed by atoms with van der Waals surface area (Å²) in [7, 11) is 1.61. The van der Waals surface area contributed by atoms with Crippen molar-refractivity contribution in [3.8, 4) is 17.0 Å².